The number of benzene rings is 2. The van der Waals surface area contributed by atoms with E-state index in [0.29, 0.717) is 8.95 Å². The minimum atomic E-state index is -0.698. The Morgan fingerprint density at radius 1 is 1.19 bits per heavy atom. The number of anilines is 1. The molecule has 2 aromatic rings. The molecule has 1 N–H and O–H groups in total. The van der Waals surface area contributed by atoms with Crippen LogP contribution in [0.1, 0.15) is 10.4 Å². The van der Waals surface area contributed by atoms with Crippen LogP contribution in [-0.4, -0.2) is 13.0 Å². The molecule has 0 heterocycles. The Morgan fingerprint density at radius 2 is 1.90 bits per heavy atom. The normalized spacial score (nSPS) is 10.3. The Hall–Kier alpha value is -1.47. The van der Waals surface area contributed by atoms with Gasteiger partial charge in [0.2, 0.25) is 0 Å². The van der Waals surface area contributed by atoms with Crippen LogP contribution in [0.4, 0.5) is 14.5 Å². The average molecular weight is 421 g/mol. The number of hydrogen-bond acceptors (Lipinski definition) is 2. The summed E-state index contributed by atoms with van der Waals surface area (Å²) in [5.74, 6) is -1.69. The number of halogens is 4. The number of ether oxygens (including phenoxy) is 1. The molecule has 110 valence electrons. The molecule has 0 unspecified atom stereocenters. The number of amides is 1. The first-order chi connectivity index (χ1) is 9.92. The molecule has 0 fully saturated rings. The molecule has 7 heteroatoms. The molecular formula is C14H9Br2F2NO2. The Kier molecular flexibility index (Phi) is 4.95. The maximum absolute atomic E-state index is 13.7. The van der Waals surface area contributed by atoms with Gasteiger partial charge in [-0.15, -0.1) is 0 Å². The fraction of sp³-hybridized carbons (Fsp3) is 0.0714. The maximum Gasteiger partial charge on any atom is 0.258 e. The summed E-state index contributed by atoms with van der Waals surface area (Å²) in [6.07, 6.45) is 0. The quantitative estimate of drug-likeness (QED) is 0.777. The molecule has 0 saturated heterocycles. The molecule has 1 amide bonds. The SMILES string of the molecule is COc1c(Br)cc(F)cc1NC(=O)c1ccc(Br)cc1F. The molecule has 0 bridgehead atoms. The van der Waals surface area contributed by atoms with Crippen molar-refractivity contribution < 1.29 is 18.3 Å². The van der Waals surface area contributed by atoms with Gasteiger partial charge in [-0.2, -0.15) is 0 Å². The maximum atomic E-state index is 13.7. The predicted octanol–water partition coefficient (Wildman–Crippen LogP) is 4.75. The summed E-state index contributed by atoms with van der Waals surface area (Å²) < 4.78 is 33.1. The fourth-order valence-electron chi connectivity index (χ4n) is 1.72. The Labute approximate surface area is 136 Å². The van der Waals surface area contributed by atoms with Crippen LogP contribution >= 0.6 is 31.9 Å². The van der Waals surface area contributed by atoms with Gasteiger partial charge in [0, 0.05) is 10.5 Å². The van der Waals surface area contributed by atoms with E-state index in [2.05, 4.69) is 37.2 Å². The molecule has 0 aromatic heterocycles. The molecule has 0 saturated carbocycles. The molecule has 2 rings (SSSR count). The molecule has 0 aliphatic heterocycles. The van der Waals surface area contributed by atoms with Crippen molar-refractivity contribution in [3.63, 3.8) is 0 Å². The van der Waals surface area contributed by atoms with Gasteiger partial charge in [0.1, 0.15) is 11.6 Å². The molecule has 3 nitrogen and oxygen atoms in total. The lowest BCUT2D eigenvalue weighted by atomic mass is 10.2. The molecule has 0 aliphatic rings. The van der Waals surface area contributed by atoms with Crippen molar-refractivity contribution >= 4 is 43.5 Å². The summed E-state index contributed by atoms with van der Waals surface area (Å²) >= 11 is 6.24. The zero-order valence-electron chi connectivity index (χ0n) is 10.7. The molecule has 0 aliphatic carbocycles. The van der Waals surface area contributed by atoms with Gasteiger partial charge in [-0.3, -0.25) is 4.79 Å². The number of carbonyl (C=O) groups is 1. The van der Waals surface area contributed by atoms with Gasteiger partial charge < -0.3 is 10.1 Å². The largest absolute Gasteiger partial charge is 0.493 e. The number of methoxy groups -OCH3 is 1. The second-order valence-electron chi connectivity index (χ2n) is 4.05. The van der Waals surface area contributed by atoms with Gasteiger partial charge >= 0.3 is 0 Å². The van der Waals surface area contributed by atoms with E-state index in [-0.39, 0.29) is 17.0 Å². The van der Waals surface area contributed by atoms with Crippen LogP contribution in [-0.2, 0) is 0 Å². The van der Waals surface area contributed by atoms with Crippen LogP contribution < -0.4 is 10.1 Å². The third-order valence-electron chi connectivity index (χ3n) is 2.64. The zero-order chi connectivity index (χ0) is 15.6. The van der Waals surface area contributed by atoms with E-state index in [9.17, 15) is 13.6 Å². The highest BCUT2D eigenvalue weighted by Gasteiger charge is 2.16. The number of rotatable bonds is 3. The first kappa shape index (κ1) is 15.9. The summed E-state index contributed by atoms with van der Waals surface area (Å²) in [5, 5.41) is 2.43. The van der Waals surface area contributed by atoms with E-state index in [1.807, 2.05) is 0 Å². The summed E-state index contributed by atoms with van der Waals surface area (Å²) in [6, 6.07) is 6.34. The van der Waals surface area contributed by atoms with Crippen LogP contribution in [0.3, 0.4) is 0 Å². The molecule has 2 aromatic carbocycles. The van der Waals surface area contributed by atoms with Crippen molar-refractivity contribution in [2.75, 3.05) is 12.4 Å². The van der Waals surface area contributed by atoms with Gasteiger partial charge in [0.25, 0.3) is 5.91 Å². The van der Waals surface area contributed by atoms with Crippen molar-refractivity contribution in [2.45, 2.75) is 0 Å². The van der Waals surface area contributed by atoms with Crippen LogP contribution in [0.25, 0.3) is 0 Å². The predicted molar refractivity (Wildman–Crippen MR) is 82.7 cm³/mol. The third-order valence-corrected chi connectivity index (χ3v) is 3.72. The second kappa shape index (κ2) is 6.53. The highest BCUT2D eigenvalue weighted by atomic mass is 79.9. The Balaban J connectivity index is 2.35. The van der Waals surface area contributed by atoms with Crippen LogP contribution in [0, 0.1) is 11.6 Å². The summed E-state index contributed by atoms with van der Waals surface area (Å²) in [6.45, 7) is 0. The Bertz CT molecular complexity index is 708. The highest BCUT2D eigenvalue weighted by molar-refractivity contribution is 9.10. The topological polar surface area (TPSA) is 38.3 Å². The second-order valence-corrected chi connectivity index (χ2v) is 5.82. The molecule has 0 spiro atoms. The van der Waals surface area contributed by atoms with Crippen molar-refractivity contribution in [3.8, 4) is 5.75 Å². The van der Waals surface area contributed by atoms with Crippen molar-refractivity contribution in [3.05, 3.63) is 56.5 Å². The summed E-state index contributed by atoms with van der Waals surface area (Å²) in [7, 11) is 1.38. The zero-order valence-corrected chi connectivity index (χ0v) is 13.9. The van der Waals surface area contributed by atoms with Crippen molar-refractivity contribution in [1.82, 2.24) is 0 Å². The van der Waals surface area contributed by atoms with E-state index in [0.717, 1.165) is 6.07 Å². The lowest BCUT2D eigenvalue weighted by Crippen LogP contribution is -2.14. The van der Waals surface area contributed by atoms with E-state index in [1.165, 1.54) is 31.4 Å². The summed E-state index contributed by atoms with van der Waals surface area (Å²) in [5.41, 5.74) is -0.0441. The smallest absolute Gasteiger partial charge is 0.258 e. The molecule has 0 atom stereocenters. The minimum Gasteiger partial charge on any atom is -0.493 e. The third kappa shape index (κ3) is 3.59. The minimum absolute atomic E-state index is 0.108. The number of hydrogen-bond donors (Lipinski definition) is 1. The van der Waals surface area contributed by atoms with Gasteiger partial charge in [-0.25, -0.2) is 8.78 Å². The lowest BCUT2D eigenvalue weighted by molar-refractivity contribution is 0.102. The molecule has 21 heavy (non-hydrogen) atoms. The molecule has 0 radical (unpaired) electrons. The van der Waals surface area contributed by atoms with Gasteiger partial charge in [0.05, 0.1) is 22.8 Å². The van der Waals surface area contributed by atoms with Gasteiger partial charge in [-0.05, 0) is 40.2 Å². The lowest BCUT2D eigenvalue weighted by Gasteiger charge is -2.12. The average Bonchev–Trinajstić information content (AvgIpc) is 2.37. The van der Waals surface area contributed by atoms with Gasteiger partial charge in [-0.1, -0.05) is 15.9 Å². The van der Waals surface area contributed by atoms with Gasteiger partial charge in [0.15, 0.2) is 5.75 Å². The van der Waals surface area contributed by atoms with E-state index in [4.69, 9.17) is 4.74 Å². The van der Waals surface area contributed by atoms with Crippen LogP contribution in [0.15, 0.2) is 39.3 Å². The number of nitrogens with one attached hydrogen (secondary N) is 1. The monoisotopic (exact) mass is 419 g/mol. The first-order valence-corrected chi connectivity index (χ1v) is 7.30. The van der Waals surface area contributed by atoms with Crippen LogP contribution in [0.5, 0.6) is 5.75 Å². The van der Waals surface area contributed by atoms with Crippen molar-refractivity contribution in [1.29, 1.82) is 0 Å². The highest BCUT2D eigenvalue weighted by Crippen LogP contribution is 2.34. The first-order valence-electron chi connectivity index (χ1n) is 5.72. The van der Waals surface area contributed by atoms with E-state index in [1.54, 1.807) is 0 Å². The van der Waals surface area contributed by atoms with E-state index >= 15 is 0 Å². The van der Waals surface area contributed by atoms with E-state index < -0.39 is 17.5 Å². The van der Waals surface area contributed by atoms with Crippen molar-refractivity contribution in [2.24, 2.45) is 0 Å². The fourth-order valence-corrected chi connectivity index (χ4v) is 2.65. The molecular weight excluding hydrogens is 412 g/mol. The number of carbonyl (C=O) groups excluding carboxylic acids is 1. The standard InChI is InChI=1S/C14H9Br2F2NO2/c1-21-13-10(16)5-8(17)6-12(13)19-14(20)9-3-2-7(15)4-11(9)18/h2-6H,1H3,(H,19,20). The summed E-state index contributed by atoms with van der Waals surface area (Å²) in [4.78, 5) is 12.1. The Morgan fingerprint density at radius 3 is 2.52 bits per heavy atom. The van der Waals surface area contributed by atoms with Crippen LogP contribution in [0.2, 0.25) is 0 Å².